The molecule has 0 atom stereocenters. The molecule has 1 heterocycles. The van der Waals surface area contributed by atoms with Crippen LogP contribution in [0.5, 0.6) is 5.88 Å². The van der Waals surface area contributed by atoms with Crippen LogP contribution in [0.25, 0.3) is 10.8 Å². The number of fused-ring (bicyclic) bond motifs is 1. The first kappa shape index (κ1) is 12.4. The fraction of sp³-hybridized carbons (Fsp3) is 0.0625. The number of methoxy groups -OCH3 is 1. The Morgan fingerprint density at radius 3 is 2.70 bits per heavy atom. The molecule has 0 radical (unpaired) electrons. The Hall–Kier alpha value is -2.62. The van der Waals surface area contributed by atoms with Gasteiger partial charge >= 0.3 is 0 Å². The zero-order valence-electron chi connectivity index (χ0n) is 10.9. The maximum absolute atomic E-state index is 13.2. The summed E-state index contributed by atoms with van der Waals surface area (Å²) >= 11 is 0. The van der Waals surface area contributed by atoms with Crippen molar-refractivity contribution in [2.24, 2.45) is 0 Å². The largest absolute Gasteiger partial charge is 0.481 e. The van der Waals surface area contributed by atoms with E-state index in [0.717, 1.165) is 16.5 Å². The normalized spacial score (nSPS) is 10.5. The molecule has 100 valence electrons. The number of benzene rings is 2. The van der Waals surface area contributed by atoms with Crippen molar-refractivity contribution in [3.63, 3.8) is 0 Å². The molecule has 0 amide bonds. The van der Waals surface area contributed by atoms with Crippen LogP contribution in [0.2, 0.25) is 0 Å². The van der Waals surface area contributed by atoms with Gasteiger partial charge in [0.05, 0.1) is 7.11 Å². The molecule has 0 saturated carbocycles. The molecule has 2 aromatic carbocycles. The lowest BCUT2D eigenvalue weighted by Crippen LogP contribution is -1.92. The fourth-order valence-electron chi connectivity index (χ4n) is 2.12. The van der Waals surface area contributed by atoms with Crippen molar-refractivity contribution in [1.29, 1.82) is 0 Å². The number of hydrogen-bond donors (Lipinski definition) is 1. The van der Waals surface area contributed by atoms with Crippen LogP contribution in [-0.4, -0.2) is 12.1 Å². The predicted octanol–water partition coefficient (Wildman–Crippen LogP) is 4.13. The van der Waals surface area contributed by atoms with Gasteiger partial charge in [0.15, 0.2) is 0 Å². The Labute approximate surface area is 116 Å². The van der Waals surface area contributed by atoms with Crippen LogP contribution in [0.15, 0.2) is 54.7 Å². The summed E-state index contributed by atoms with van der Waals surface area (Å²) in [6.45, 7) is 0. The number of ether oxygens (including phenoxy) is 1. The van der Waals surface area contributed by atoms with Gasteiger partial charge in [-0.25, -0.2) is 9.37 Å². The minimum absolute atomic E-state index is 0.262. The lowest BCUT2D eigenvalue weighted by atomic mass is 10.1. The van der Waals surface area contributed by atoms with Gasteiger partial charge in [0, 0.05) is 23.0 Å². The van der Waals surface area contributed by atoms with Crippen molar-refractivity contribution in [3.05, 3.63) is 60.5 Å². The first-order valence-electron chi connectivity index (χ1n) is 6.21. The topological polar surface area (TPSA) is 34.1 Å². The van der Waals surface area contributed by atoms with Crippen LogP contribution in [-0.2, 0) is 0 Å². The highest BCUT2D eigenvalue weighted by molar-refractivity contribution is 5.90. The highest BCUT2D eigenvalue weighted by Gasteiger charge is 2.03. The molecule has 0 aliphatic carbocycles. The average Bonchev–Trinajstić information content (AvgIpc) is 2.46. The summed E-state index contributed by atoms with van der Waals surface area (Å²) in [7, 11) is 1.60. The second-order valence-corrected chi connectivity index (χ2v) is 4.39. The van der Waals surface area contributed by atoms with Gasteiger partial charge in [0.1, 0.15) is 5.82 Å². The zero-order chi connectivity index (χ0) is 13.9. The lowest BCUT2D eigenvalue weighted by Gasteiger charge is -2.09. The van der Waals surface area contributed by atoms with Crippen LogP contribution < -0.4 is 10.1 Å². The number of rotatable bonds is 3. The van der Waals surface area contributed by atoms with Gasteiger partial charge in [-0.1, -0.05) is 6.07 Å². The Bertz CT molecular complexity index is 758. The quantitative estimate of drug-likeness (QED) is 0.775. The molecule has 0 bridgehead atoms. The van der Waals surface area contributed by atoms with Crippen LogP contribution in [0.3, 0.4) is 0 Å². The zero-order valence-corrected chi connectivity index (χ0v) is 10.9. The molecule has 0 aliphatic heterocycles. The van der Waals surface area contributed by atoms with E-state index in [4.69, 9.17) is 4.74 Å². The molecule has 0 fully saturated rings. The van der Waals surface area contributed by atoms with Gasteiger partial charge in [-0.15, -0.1) is 0 Å². The number of anilines is 2. The van der Waals surface area contributed by atoms with E-state index in [2.05, 4.69) is 10.3 Å². The van der Waals surface area contributed by atoms with E-state index in [1.165, 1.54) is 12.1 Å². The number of nitrogens with zero attached hydrogens (tertiary/aromatic N) is 1. The highest BCUT2D eigenvalue weighted by Crippen LogP contribution is 2.27. The monoisotopic (exact) mass is 268 g/mol. The maximum atomic E-state index is 13.2. The minimum Gasteiger partial charge on any atom is -0.481 e. The number of nitrogens with one attached hydrogen (secondary N) is 1. The number of aromatic nitrogens is 1. The van der Waals surface area contributed by atoms with Gasteiger partial charge < -0.3 is 10.1 Å². The van der Waals surface area contributed by atoms with Crippen LogP contribution in [0.1, 0.15) is 0 Å². The maximum Gasteiger partial charge on any atom is 0.221 e. The summed E-state index contributed by atoms with van der Waals surface area (Å²) in [5, 5.41) is 5.13. The molecule has 0 aliphatic rings. The molecular weight excluding hydrogens is 255 g/mol. The molecule has 0 spiro atoms. The Morgan fingerprint density at radius 1 is 1.05 bits per heavy atom. The minimum atomic E-state index is -0.262. The van der Waals surface area contributed by atoms with Crippen molar-refractivity contribution in [2.75, 3.05) is 12.4 Å². The van der Waals surface area contributed by atoms with Crippen LogP contribution in [0.4, 0.5) is 15.8 Å². The number of hydrogen-bond acceptors (Lipinski definition) is 3. The molecule has 3 nitrogen and oxygen atoms in total. The lowest BCUT2D eigenvalue weighted by molar-refractivity contribution is 0.403. The van der Waals surface area contributed by atoms with Crippen molar-refractivity contribution in [3.8, 4) is 5.88 Å². The summed E-state index contributed by atoms with van der Waals surface area (Å²) in [6, 6.07) is 14.1. The smallest absolute Gasteiger partial charge is 0.221 e. The molecule has 20 heavy (non-hydrogen) atoms. The summed E-state index contributed by atoms with van der Waals surface area (Å²) in [6.07, 6.45) is 1.70. The SMILES string of the molecule is COc1nccc2cc(Nc3cccc(F)c3)ccc12. The molecule has 0 saturated heterocycles. The third-order valence-electron chi connectivity index (χ3n) is 3.03. The third-order valence-corrected chi connectivity index (χ3v) is 3.03. The standard InChI is InChI=1S/C16H13FN2O/c1-20-16-15-6-5-14(9-11(15)7-8-18-16)19-13-4-2-3-12(17)10-13/h2-10,19H,1H3. The molecular formula is C16H13FN2O. The molecule has 3 rings (SSSR count). The summed E-state index contributed by atoms with van der Waals surface area (Å²) in [5.41, 5.74) is 1.60. The van der Waals surface area contributed by atoms with Crippen molar-refractivity contribution < 1.29 is 9.13 Å². The van der Waals surface area contributed by atoms with E-state index >= 15 is 0 Å². The first-order chi connectivity index (χ1) is 9.76. The second kappa shape index (κ2) is 5.17. The Morgan fingerprint density at radius 2 is 1.90 bits per heavy atom. The Balaban J connectivity index is 1.97. The van der Waals surface area contributed by atoms with Crippen LogP contribution >= 0.6 is 0 Å². The molecule has 3 aromatic rings. The van der Waals surface area contributed by atoms with E-state index in [1.807, 2.05) is 30.3 Å². The fourth-order valence-corrected chi connectivity index (χ4v) is 2.12. The molecule has 1 N–H and O–H groups in total. The summed E-state index contributed by atoms with van der Waals surface area (Å²) in [4.78, 5) is 4.16. The van der Waals surface area contributed by atoms with Crippen molar-refractivity contribution in [1.82, 2.24) is 4.98 Å². The highest BCUT2D eigenvalue weighted by atomic mass is 19.1. The number of halogens is 1. The third kappa shape index (κ3) is 2.40. The van der Waals surface area contributed by atoms with E-state index in [-0.39, 0.29) is 5.82 Å². The predicted molar refractivity (Wildman–Crippen MR) is 78.0 cm³/mol. The molecule has 0 unspecified atom stereocenters. The summed E-state index contributed by atoms with van der Waals surface area (Å²) in [5.74, 6) is 0.335. The van der Waals surface area contributed by atoms with E-state index < -0.39 is 0 Å². The second-order valence-electron chi connectivity index (χ2n) is 4.39. The van der Waals surface area contributed by atoms with E-state index in [1.54, 1.807) is 19.4 Å². The van der Waals surface area contributed by atoms with Crippen molar-refractivity contribution in [2.45, 2.75) is 0 Å². The van der Waals surface area contributed by atoms with Crippen molar-refractivity contribution >= 4 is 22.1 Å². The van der Waals surface area contributed by atoms with Gasteiger partial charge in [-0.2, -0.15) is 0 Å². The van der Waals surface area contributed by atoms with Gasteiger partial charge in [-0.3, -0.25) is 0 Å². The Kier molecular flexibility index (Phi) is 3.21. The van der Waals surface area contributed by atoms with E-state index in [0.29, 0.717) is 11.6 Å². The van der Waals surface area contributed by atoms with Gasteiger partial charge in [0.2, 0.25) is 5.88 Å². The van der Waals surface area contributed by atoms with Crippen LogP contribution in [0, 0.1) is 5.82 Å². The van der Waals surface area contributed by atoms with E-state index in [9.17, 15) is 4.39 Å². The van der Waals surface area contributed by atoms with Gasteiger partial charge in [0.25, 0.3) is 0 Å². The molecule has 1 aromatic heterocycles. The summed E-state index contributed by atoms with van der Waals surface area (Å²) < 4.78 is 18.4. The average molecular weight is 268 g/mol. The first-order valence-corrected chi connectivity index (χ1v) is 6.21. The number of pyridine rings is 1. The van der Waals surface area contributed by atoms with Gasteiger partial charge in [-0.05, 0) is 47.9 Å². The molecule has 4 heteroatoms.